The fraction of sp³-hybridized carbons (Fsp3) is 0.600. The van der Waals surface area contributed by atoms with Gasteiger partial charge in [0.1, 0.15) is 5.78 Å². The minimum atomic E-state index is -0.859. The lowest BCUT2D eigenvalue weighted by molar-refractivity contribution is -0.137. The first-order chi connectivity index (χ1) is 11.6. The highest BCUT2D eigenvalue weighted by Gasteiger charge is 2.02. The van der Waals surface area contributed by atoms with Crippen molar-refractivity contribution in [1.82, 2.24) is 0 Å². The summed E-state index contributed by atoms with van der Waals surface area (Å²) in [6.07, 6.45) is 18.2. The summed E-state index contributed by atoms with van der Waals surface area (Å²) >= 11 is 0. The Morgan fingerprint density at radius 1 is 0.917 bits per heavy atom. The van der Waals surface area contributed by atoms with Crippen LogP contribution in [-0.4, -0.2) is 28.1 Å². The maximum atomic E-state index is 11.5. The van der Waals surface area contributed by atoms with E-state index in [1.54, 1.807) is 12.2 Å². The zero-order valence-corrected chi connectivity index (χ0v) is 14.8. The van der Waals surface area contributed by atoms with Crippen molar-refractivity contribution in [3.8, 4) is 0 Å². The first-order valence-corrected chi connectivity index (χ1v) is 8.96. The minimum Gasteiger partial charge on any atom is -0.481 e. The summed E-state index contributed by atoms with van der Waals surface area (Å²) in [5.41, 5.74) is 0. The van der Waals surface area contributed by atoms with E-state index < -0.39 is 12.1 Å². The highest BCUT2D eigenvalue weighted by Crippen LogP contribution is 2.04. The molecule has 4 heteroatoms. The molecule has 0 bridgehead atoms. The van der Waals surface area contributed by atoms with Crippen molar-refractivity contribution in [2.24, 2.45) is 0 Å². The van der Waals surface area contributed by atoms with E-state index in [0.717, 1.165) is 6.42 Å². The summed E-state index contributed by atoms with van der Waals surface area (Å²) in [5, 5.41) is 18.3. The molecule has 0 rings (SSSR count). The van der Waals surface area contributed by atoms with Gasteiger partial charge in [-0.25, -0.2) is 0 Å². The maximum absolute atomic E-state index is 11.5. The average molecular weight is 336 g/mol. The standard InChI is InChI=1S/C20H32O4/c1-2-3-4-5-6-9-13-18(21)14-10-7-8-11-15-19(22)16-12-17-20(23)24/h6-10,14,18,21H,2-5,11-13,15-17H2,1H3,(H,23,24)/b8-7+,9-6-,14-10+. The normalized spacial score (nSPS) is 13.2. The third-order valence-electron chi connectivity index (χ3n) is 3.54. The van der Waals surface area contributed by atoms with Gasteiger partial charge in [0.2, 0.25) is 0 Å². The minimum absolute atomic E-state index is 0.0508. The van der Waals surface area contributed by atoms with Crippen LogP contribution in [0.15, 0.2) is 36.5 Å². The zero-order valence-electron chi connectivity index (χ0n) is 14.8. The molecule has 0 radical (unpaired) electrons. The summed E-state index contributed by atoms with van der Waals surface area (Å²) in [6.45, 7) is 2.18. The van der Waals surface area contributed by atoms with Gasteiger partial charge in [-0.1, -0.05) is 56.2 Å². The van der Waals surface area contributed by atoms with Crippen LogP contribution in [0.3, 0.4) is 0 Å². The van der Waals surface area contributed by atoms with E-state index in [-0.39, 0.29) is 12.2 Å². The van der Waals surface area contributed by atoms with Crippen molar-refractivity contribution in [3.05, 3.63) is 36.5 Å². The van der Waals surface area contributed by atoms with Crippen LogP contribution in [0.2, 0.25) is 0 Å². The Labute approximate surface area is 146 Å². The molecule has 4 nitrogen and oxygen atoms in total. The summed E-state index contributed by atoms with van der Waals surface area (Å²) < 4.78 is 0. The number of allylic oxidation sites excluding steroid dienone is 4. The molecule has 0 aliphatic carbocycles. The van der Waals surface area contributed by atoms with Crippen LogP contribution in [0.5, 0.6) is 0 Å². The number of carbonyl (C=O) groups is 2. The first kappa shape index (κ1) is 22.3. The number of ketones is 1. The van der Waals surface area contributed by atoms with Gasteiger partial charge < -0.3 is 10.2 Å². The van der Waals surface area contributed by atoms with Crippen LogP contribution in [0.1, 0.15) is 71.1 Å². The number of aliphatic carboxylic acids is 1. The third kappa shape index (κ3) is 16.7. The molecule has 0 aromatic rings. The number of unbranched alkanes of at least 4 members (excludes halogenated alkanes) is 3. The molecule has 0 amide bonds. The van der Waals surface area contributed by atoms with E-state index in [4.69, 9.17) is 5.11 Å². The van der Waals surface area contributed by atoms with Crippen molar-refractivity contribution in [3.63, 3.8) is 0 Å². The highest BCUT2D eigenvalue weighted by molar-refractivity contribution is 5.79. The second-order valence-electron chi connectivity index (χ2n) is 5.91. The SMILES string of the molecule is CCCCC/C=C\CC(O)/C=C/C=C/CCC(=O)CCCC(=O)O. The lowest BCUT2D eigenvalue weighted by atomic mass is 10.1. The van der Waals surface area contributed by atoms with E-state index in [1.165, 1.54) is 19.3 Å². The molecule has 0 saturated carbocycles. The predicted molar refractivity (Wildman–Crippen MR) is 97.9 cm³/mol. The number of rotatable bonds is 15. The molecule has 24 heavy (non-hydrogen) atoms. The van der Waals surface area contributed by atoms with Gasteiger partial charge in [0.15, 0.2) is 0 Å². The van der Waals surface area contributed by atoms with Gasteiger partial charge in [-0.05, 0) is 32.1 Å². The molecule has 1 atom stereocenters. The van der Waals surface area contributed by atoms with Gasteiger partial charge in [0, 0.05) is 19.3 Å². The topological polar surface area (TPSA) is 74.6 Å². The lowest BCUT2D eigenvalue weighted by Crippen LogP contribution is -2.00. The van der Waals surface area contributed by atoms with Crippen LogP contribution < -0.4 is 0 Å². The molecule has 0 fully saturated rings. The Balaban J connectivity index is 3.68. The molecular weight excluding hydrogens is 304 g/mol. The largest absolute Gasteiger partial charge is 0.481 e. The molecular formula is C20H32O4. The molecule has 0 spiro atoms. The van der Waals surface area contributed by atoms with Gasteiger partial charge in [0.05, 0.1) is 6.10 Å². The molecule has 0 aliphatic heterocycles. The number of carbonyl (C=O) groups excluding carboxylic acids is 1. The molecule has 0 heterocycles. The number of aliphatic hydroxyl groups is 1. The molecule has 0 aromatic heterocycles. The second-order valence-corrected chi connectivity index (χ2v) is 5.91. The molecule has 0 saturated heterocycles. The summed E-state index contributed by atoms with van der Waals surface area (Å²) in [4.78, 5) is 21.8. The van der Waals surface area contributed by atoms with Crippen molar-refractivity contribution in [2.75, 3.05) is 0 Å². The molecule has 136 valence electrons. The Morgan fingerprint density at radius 2 is 1.71 bits per heavy atom. The maximum Gasteiger partial charge on any atom is 0.303 e. The fourth-order valence-electron chi connectivity index (χ4n) is 2.12. The predicted octanol–water partition coefficient (Wildman–Crippen LogP) is 4.59. The van der Waals surface area contributed by atoms with Gasteiger partial charge in [0.25, 0.3) is 0 Å². The van der Waals surface area contributed by atoms with E-state index >= 15 is 0 Å². The smallest absolute Gasteiger partial charge is 0.303 e. The van der Waals surface area contributed by atoms with Crippen LogP contribution >= 0.6 is 0 Å². The zero-order chi connectivity index (χ0) is 18.0. The molecule has 1 unspecified atom stereocenters. The molecule has 2 N–H and O–H groups in total. The quantitative estimate of drug-likeness (QED) is 0.260. The van der Waals surface area contributed by atoms with Gasteiger partial charge in [-0.2, -0.15) is 0 Å². The number of carboxylic acid groups (broad SMARTS) is 1. The van der Waals surface area contributed by atoms with Crippen molar-refractivity contribution < 1.29 is 19.8 Å². The van der Waals surface area contributed by atoms with Gasteiger partial charge in [-0.3, -0.25) is 9.59 Å². The van der Waals surface area contributed by atoms with Gasteiger partial charge >= 0.3 is 5.97 Å². The van der Waals surface area contributed by atoms with E-state index in [2.05, 4.69) is 13.0 Å². The number of carboxylic acids is 1. The fourth-order valence-corrected chi connectivity index (χ4v) is 2.12. The van der Waals surface area contributed by atoms with Crippen LogP contribution in [0.25, 0.3) is 0 Å². The number of Topliss-reactive ketones (excluding diaryl/α,β-unsaturated/α-hetero) is 1. The van der Waals surface area contributed by atoms with Crippen molar-refractivity contribution >= 4 is 11.8 Å². The lowest BCUT2D eigenvalue weighted by Gasteiger charge is -1.99. The van der Waals surface area contributed by atoms with E-state index in [9.17, 15) is 14.7 Å². The Hall–Kier alpha value is -1.68. The highest BCUT2D eigenvalue weighted by atomic mass is 16.4. The Kier molecular flexibility index (Phi) is 15.1. The Morgan fingerprint density at radius 3 is 2.42 bits per heavy atom. The van der Waals surface area contributed by atoms with E-state index in [1.807, 2.05) is 18.2 Å². The number of hydrogen-bond donors (Lipinski definition) is 2. The van der Waals surface area contributed by atoms with Crippen molar-refractivity contribution in [1.29, 1.82) is 0 Å². The van der Waals surface area contributed by atoms with Gasteiger partial charge in [-0.15, -0.1) is 0 Å². The van der Waals surface area contributed by atoms with Crippen LogP contribution in [0, 0.1) is 0 Å². The summed E-state index contributed by atoms with van der Waals surface area (Å²) in [6, 6.07) is 0. The van der Waals surface area contributed by atoms with Crippen molar-refractivity contribution in [2.45, 2.75) is 77.2 Å². The second kappa shape index (κ2) is 16.2. The van der Waals surface area contributed by atoms with Crippen LogP contribution in [-0.2, 0) is 9.59 Å². The van der Waals surface area contributed by atoms with E-state index in [0.29, 0.717) is 32.1 Å². The molecule has 0 aliphatic rings. The Bertz CT molecular complexity index is 421. The third-order valence-corrected chi connectivity index (χ3v) is 3.54. The molecule has 0 aromatic carbocycles. The monoisotopic (exact) mass is 336 g/mol. The summed E-state index contributed by atoms with van der Waals surface area (Å²) in [5.74, 6) is -0.764. The average Bonchev–Trinajstić information content (AvgIpc) is 2.53. The number of hydrogen-bond acceptors (Lipinski definition) is 3. The first-order valence-electron chi connectivity index (χ1n) is 8.96. The number of aliphatic hydroxyl groups excluding tert-OH is 1. The van der Waals surface area contributed by atoms with Crippen LogP contribution in [0.4, 0.5) is 0 Å². The summed E-state index contributed by atoms with van der Waals surface area (Å²) in [7, 11) is 0.